The van der Waals surface area contributed by atoms with Crippen LogP contribution in [0.15, 0.2) is 27.7 Å². The molecule has 25 heavy (non-hydrogen) atoms. The molecule has 0 bridgehead atoms. The minimum absolute atomic E-state index is 0.0419. The van der Waals surface area contributed by atoms with Gasteiger partial charge in [-0.25, -0.2) is 4.99 Å². The standard InChI is InChI=1S/C18H26BrClN4O/c1-4-21-18(22-10-13-5-6-14(19)9-16(13)20)23-15-7-8-24(11-15)17(25)12(2)3/h5-6,9,12,15H,4,7-8,10-11H2,1-3H3,(H2,21,22,23). The lowest BCUT2D eigenvalue weighted by molar-refractivity contribution is -0.133. The molecule has 5 nitrogen and oxygen atoms in total. The van der Waals surface area contributed by atoms with E-state index in [0.717, 1.165) is 42.1 Å². The van der Waals surface area contributed by atoms with E-state index < -0.39 is 0 Å². The van der Waals surface area contributed by atoms with Crippen molar-refractivity contribution in [3.8, 4) is 0 Å². The van der Waals surface area contributed by atoms with Crippen molar-refractivity contribution in [3.05, 3.63) is 33.3 Å². The number of rotatable bonds is 5. The van der Waals surface area contributed by atoms with Crippen LogP contribution in [0.5, 0.6) is 0 Å². The predicted octanol–water partition coefficient (Wildman–Crippen LogP) is 3.41. The van der Waals surface area contributed by atoms with Crippen molar-refractivity contribution in [3.63, 3.8) is 0 Å². The molecule has 1 aromatic rings. The predicted molar refractivity (Wildman–Crippen MR) is 107 cm³/mol. The lowest BCUT2D eigenvalue weighted by Gasteiger charge is -2.20. The summed E-state index contributed by atoms with van der Waals surface area (Å²) in [6.07, 6.45) is 0.932. The monoisotopic (exact) mass is 428 g/mol. The van der Waals surface area contributed by atoms with Crippen LogP contribution in [0, 0.1) is 5.92 Å². The molecule has 1 fully saturated rings. The number of nitrogens with zero attached hydrogens (tertiary/aromatic N) is 2. The zero-order valence-corrected chi connectivity index (χ0v) is 17.3. The van der Waals surface area contributed by atoms with E-state index in [1.54, 1.807) is 0 Å². The minimum atomic E-state index is 0.0419. The number of benzene rings is 1. The van der Waals surface area contributed by atoms with Crippen molar-refractivity contribution in [2.75, 3.05) is 19.6 Å². The van der Waals surface area contributed by atoms with Crippen LogP contribution < -0.4 is 10.6 Å². The van der Waals surface area contributed by atoms with Crippen molar-refractivity contribution in [2.45, 2.75) is 39.8 Å². The van der Waals surface area contributed by atoms with Gasteiger partial charge < -0.3 is 15.5 Å². The minimum Gasteiger partial charge on any atom is -0.357 e. The highest BCUT2D eigenvalue weighted by molar-refractivity contribution is 9.10. The van der Waals surface area contributed by atoms with Gasteiger partial charge in [0.05, 0.1) is 6.54 Å². The van der Waals surface area contributed by atoms with E-state index in [0.29, 0.717) is 11.6 Å². The molecule has 1 aliphatic rings. The van der Waals surface area contributed by atoms with E-state index in [4.69, 9.17) is 11.6 Å². The molecule has 0 spiro atoms. The fourth-order valence-corrected chi connectivity index (χ4v) is 3.50. The molecular weight excluding hydrogens is 404 g/mol. The first kappa shape index (κ1) is 20.0. The third kappa shape index (κ3) is 5.89. The van der Waals surface area contributed by atoms with Gasteiger partial charge in [-0.15, -0.1) is 0 Å². The first-order valence-corrected chi connectivity index (χ1v) is 9.85. The number of amides is 1. The zero-order valence-electron chi connectivity index (χ0n) is 15.0. The highest BCUT2D eigenvalue weighted by atomic mass is 79.9. The molecule has 2 rings (SSSR count). The van der Waals surface area contributed by atoms with Crippen LogP contribution in [0.4, 0.5) is 0 Å². The Bertz CT molecular complexity index is 636. The van der Waals surface area contributed by atoms with Gasteiger partial charge in [0.15, 0.2) is 5.96 Å². The molecule has 0 aliphatic carbocycles. The van der Waals surface area contributed by atoms with Crippen LogP contribution in [0.1, 0.15) is 32.8 Å². The van der Waals surface area contributed by atoms with Crippen LogP contribution in [0.25, 0.3) is 0 Å². The molecule has 1 aromatic carbocycles. The number of halogens is 2. The van der Waals surface area contributed by atoms with Crippen LogP contribution in [0.3, 0.4) is 0 Å². The fraction of sp³-hybridized carbons (Fsp3) is 0.556. The average Bonchev–Trinajstić information content (AvgIpc) is 3.01. The third-order valence-corrected chi connectivity index (χ3v) is 4.95. The molecule has 1 amide bonds. The van der Waals surface area contributed by atoms with E-state index in [1.807, 2.05) is 43.9 Å². The number of likely N-dealkylation sites (tertiary alicyclic amines) is 1. The Kier molecular flexibility index (Phi) is 7.56. The van der Waals surface area contributed by atoms with Gasteiger partial charge in [0.1, 0.15) is 0 Å². The summed E-state index contributed by atoms with van der Waals surface area (Å²) in [5.41, 5.74) is 0.977. The Morgan fingerprint density at radius 2 is 2.24 bits per heavy atom. The normalized spacial score (nSPS) is 17.9. The highest BCUT2D eigenvalue weighted by Crippen LogP contribution is 2.22. The molecule has 138 valence electrons. The number of guanidine groups is 1. The number of hydrogen-bond acceptors (Lipinski definition) is 2. The van der Waals surface area contributed by atoms with Crippen molar-refractivity contribution in [2.24, 2.45) is 10.9 Å². The molecule has 1 heterocycles. The van der Waals surface area contributed by atoms with Gasteiger partial charge in [0, 0.05) is 41.1 Å². The maximum atomic E-state index is 12.1. The van der Waals surface area contributed by atoms with E-state index >= 15 is 0 Å². The number of hydrogen-bond donors (Lipinski definition) is 2. The first-order chi connectivity index (χ1) is 11.9. The lowest BCUT2D eigenvalue weighted by Crippen LogP contribution is -2.45. The van der Waals surface area contributed by atoms with Crippen LogP contribution in [0.2, 0.25) is 5.02 Å². The topological polar surface area (TPSA) is 56.7 Å². The average molecular weight is 430 g/mol. The van der Waals surface area contributed by atoms with Crippen molar-refractivity contribution in [1.82, 2.24) is 15.5 Å². The highest BCUT2D eigenvalue weighted by Gasteiger charge is 2.27. The third-order valence-electron chi connectivity index (χ3n) is 4.10. The van der Waals surface area contributed by atoms with Gasteiger partial charge >= 0.3 is 0 Å². The van der Waals surface area contributed by atoms with Gasteiger partial charge in [-0.05, 0) is 31.0 Å². The van der Waals surface area contributed by atoms with E-state index in [-0.39, 0.29) is 17.9 Å². The SMILES string of the molecule is CCNC(=NCc1ccc(Br)cc1Cl)NC1CCN(C(=O)C(C)C)C1. The maximum absolute atomic E-state index is 12.1. The fourth-order valence-electron chi connectivity index (χ4n) is 2.77. The van der Waals surface area contributed by atoms with Crippen LogP contribution >= 0.6 is 27.5 Å². The Balaban J connectivity index is 1.97. The number of aliphatic imine (C=N–C) groups is 1. The second-order valence-electron chi connectivity index (χ2n) is 6.50. The molecule has 0 radical (unpaired) electrons. The number of nitrogens with one attached hydrogen (secondary N) is 2. The second kappa shape index (κ2) is 9.43. The Morgan fingerprint density at radius 1 is 1.48 bits per heavy atom. The smallest absolute Gasteiger partial charge is 0.225 e. The van der Waals surface area contributed by atoms with Gasteiger partial charge in [-0.3, -0.25) is 4.79 Å². The van der Waals surface area contributed by atoms with E-state index in [1.165, 1.54) is 0 Å². The summed E-state index contributed by atoms with van der Waals surface area (Å²) >= 11 is 9.67. The summed E-state index contributed by atoms with van der Waals surface area (Å²) in [5, 5.41) is 7.39. The summed E-state index contributed by atoms with van der Waals surface area (Å²) in [6, 6.07) is 6.03. The van der Waals surface area contributed by atoms with E-state index in [9.17, 15) is 4.79 Å². The van der Waals surface area contributed by atoms with Crippen LogP contribution in [-0.4, -0.2) is 42.4 Å². The quantitative estimate of drug-likeness (QED) is 0.557. The lowest BCUT2D eigenvalue weighted by atomic mass is 10.2. The van der Waals surface area contributed by atoms with Gasteiger partial charge in [-0.1, -0.05) is 47.4 Å². The van der Waals surface area contributed by atoms with Crippen LogP contribution in [-0.2, 0) is 11.3 Å². The molecule has 7 heteroatoms. The van der Waals surface area contributed by atoms with Gasteiger partial charge in [0.25, 0.3) is 0 Å². The molecule has 1 saturated heterocycles. The number of carbonyl (C=O) groups excluding carboxylic acids is 1. The largest absolute Gasteiger partial charge is 0.357 e. The molecule has 1 unspecified atom stereocenters. The van der Waals surface area contributed by atoms with Crippen molar-refractivity contribution in [1.29, 1.82) is 0 Å². The Morgan fingerprint density at radius 3 is 2.88 bits per heavy atom. The molecular formula is C18H26BrClN4O. The zero-order chi connectivity index (χ0) is 18.4. The Labute approximate surface area is 163 Å². The molecule has 2 N–H and O–H groups in total. The maximum Gasteiger partial charge on any atom is 0.225 e. The van der Waals surface area contributed by atoms with E-state index in [2.05, 4.69) is 31.6 Å². The second-order valence-corrected chi connectivity index (χ2v) is 7.82. The molecule has 1 aliphatic heterocycles. The van der Waals surface area contributed by atoms with Crippen molar-refractivity contribution < 1.29 is 4.79 Å². The summed E-state index contributed by atoms with van der Waals surface area (Å²) in [5.74, 6) is 1.01. The van der Waals surface area contributed by atoms with Crippen molar-refractivity contribution >= 4 is 39.4 Å². The number of carbonyl (C=O) groups is 1. The summed E-state index contributed by atoms with van der Waals surface area (Å²) in [4.78, 5) is 18.7. The van der Waals surface area contributed by atoms with Gasteiger partial charge in [0.2, 0.25) is 5.91 Å². The van der Waals surface area contributed by atoms with Gasteiger partial charge in [-0.2, -0.15) is 0 Å². The summed E-state index contributed by atoms with van der Waals surface area (Å²) in [6.45, 7) is 8.72. The molecule has 1 atom stereocenters. The summed E-state index contributed by atoms with van der Waals surface area (Å²) in [7, 11) is 0. The Hall–Kier alpha value is -1.27. The first-order valence-electron chi connectivity index (χ1n) is 8.68. The molecule has 0 aromatic heterocycles. The summed E-state index contributed by atoms with van der Waals surface area (Å²) < 4.78 is 0.955. The molecule has 0 saturated carbocycles.